The second-order valence-corrected chi connectivity index (χ2v) is 4.76. The molecule has 0 fully saturated rings. The standard InChI is InChI=1S/C13H24N4O3/c1-9(2)7-15-12-11(14)13(20-6-5-18-3)17-10(16-12)8-19-4/h9H,5-8,14H2,1-4H3,(H,15,16,17). The summed E-state index contributed by atoms with van der Waals surface area (Å²) < 4.78 is 15.5. The molecule has 1 aromatic rings. The van der Waals surface area contributed by atoms with E-state index >= 15 is 0 Å². The lowest BCUT2D eigenvalue weighted by atomic mass is 10.2. The Morgan fingerprint density at radius 1 is 1.15 bits per heavy atom. The topological polar surface area (TPSA) is 91.5 Å². The zero-order valence-corrected chi connectivity index (χ0v) is 12.6. The lowest BCUT2D eigenvalue weighted by molar-refractivity contribution is 0.142. The third-order valence-electron chi connectivity index (χ3n) is 2.43. The van der Waals surface area contributed by atoms with Gasteiger partial charge in [0.1, 0.15) is 18.9 Å². The quantitative estimate of drug-likeness (QED) is 0.660. The van der Waals surface area contributed by atoms with Crippen LogP contribution < -0.4 is 15.8 Å². The highest BCUT2D eigenvalue weighted by Crippen LogP contribution is 2.26. The van der Waals surface area contributed by atoms with E-state index in [1.54, 1.807) is 14.2 Å². The maximum atomic E-state index is 6.02. The zero-order valence-electron chi connectivity index (χ0n) is 12.6. The van der Waals surface area contributed by atoms with E-state index in [1.165, 1.54) is 0 Å². The molecule has 0 saturated heterocycles. The predicted molar refractivity (Wildman–Crippen MR) is 77.9 cm³/mol. The summed E-state index contributed by atoms with van der Waals surface area (Å²) in [4.78, 5) is 8.58. The predicted octanol–water partition coefficient (Wildman–Crippen LogP) is 1.30. The number of nitrogens with two attached hydrogens (primary N) is 1. The third-order valence-corrected chi connectivity index (χ3v) is 2.43. The lowest BCUT2D eigenvalue weighted by Crippen LogP contribution is -2.15. The number of nitrogens with one attached hydrogen (secondary N) is 1. The minimum atomic E-state index is 0.303. The van der Waals surface area contributed by atoms with Crippen LogP contribution in [-0.2, 0) is 16.1 Å². The number of hydrogen-bond donors (Lipinski definition) is 2. The summed E-state index contributed by atoms with van der Waals surface area (Å²) in [7, 11) is 3.20. The highest BCUT2D eigenvalue weighted by atomic mass is 16.5. The van der Waals surface area contributed by atoms with Crippen LogP contribution in [0.3, 0.4) is 0 Å². The number of aromatic nitrogens is 2. The Kier molecular flexibility index (Phi) is 7.03. The minimum absolute atomic E-state index is 0.303. The first-order valence-corrected chi connectivity index (χ1v) is 6.59. The van der Waals surface area contributed by atoms with E-state index in [1.807, 2.05) is 0 Å². The van der Waals surface area contributed by atoms with Crippen LogP contribution in [-0.4, -0.2) is 43.9 Å². The van der Waals surface area contributed by atoms with Crippen molar-refractivity contribution in [1.82, 2.24) is 9.97 Å². The summed E-state index contributed by atoms with van der Waals surface area (Å²) in [6.45, 7) is 6.14. The number of anilines is 2. The van der Waals surface area contributed by atoms with Crippen LogP contribution in [0.4, 0.5) is 11.5 Å². The molecule has 1 aromatic heterocycles. The van der Waals surface area contributed by atoms with E-state index in [0.717, 1.165) is 6.54 Å². The van der Waals surface area contributed by atoms with Crippen LogP contribution in [0.5, 0.6) is 5.88 Å². The smallest absolute Gasteiger partial charge is 0.243 e. The molecule has 0 aromatic carbocycles. The van der Waals surface area contributed by atoms with Crippen molar-refractivity contribution >= 4 is 11.5 Å². The van der Waals surface area contributed by atoms with Crippen molar-refractivity contribution in [2.45, 2.75) is 20.5 Å². The normalized spacial score (nSPS) is 10.8. The molecule has 1 heterocycles. The van der Waals surface area contributed by atoms with Crippen molar-refractivity contribution in [3.05, 3.63) is 5.82 Å². The number of methoxy groups -OCH3 is 2. The molecule has 0 atom stereocenters. The maximum absolute atomic E-state index is 6.02. The second-order valence-electron chi connectivity index (χ2n) is 4.76. The molecule has 0 bridgehead atoms. The Hall–Kier alpha value is -1.60. The zero-order chi connectivity index (χ0) is 15.0. The molecule has 0 radical (unpaired) electrons. The summed E-state index contributed by atoms with van der Waals surface area (Å²) >= 11 is 0. The number of rotatable bonds is 9. The van der Waals surface area contributed by atoms with Crippen LogP contribution in [0.25, 0.3) is 0 Å². The van der Waals surface area contributed by atoms with Gasteiger partial charge in [0, 0.05) is 20.8 Å². The average molecular weight is 284 g/mol. The summed E-state index contributed by atoms with van der Waals surface area (Å²) in [5.74, 6) is 1.94. The molecule has 20 heavy (non-hydrogen) atoms. The van der Waals surface area contributed by atoms with Crippen molar-refractivity contribution in [3.8, 4) is 5.88 Å². The van der Waals surface area contributed by atoms with Gasteiger partial charge in [0.25, 0.3) is 0 Å². The average Bonchev–Trinajstić information content (AvgIpc) is 2.40. The van der Waals surface area contributed by atoms with Crippen molar-refractivity contribution in [3.63, 3.8) is 0 Å². The van der Waals surface area contributed by atoms with Crippen molar-refractivity contribution in [2.24, 2.45) is 5.92 Å². The van der Waals surface area contributed by atoms with Gasteiger partial charge in [-0.25, -0.2) is 4.98 Å². The Labute approximate surface area is 119 Å². The summed E-state index contributed by atoms with van der Waals surface area (Å²) in [5.41, 5.74) is 6.43. The lowest BCUT2D eigenvalue weighted by Gasteiger charge is -2.15. The van der Waals surface area contributed by atoms with Gasteiger partial charge in [0.2, 0.25) is 5.88 Å². The first kappa shape index (κ1) is 16.5. The molecule has 0 spiro atoms. The van der Waals surface area contributed by atoms with Crippen LogP contribution >= 0.6 is 0 Å². The van der Waals surface area contributed by atoms with E-state index in [0.29, 0.717) is 48.9 Å². The monoisotopic (exact) mass is 284 g/mol. The van der Waals surface area contributed by atoms with E-state index in [2.05, 4.69) is 29.1 Å². The van der Waals surface area contributed by atoms with Gasteiger partial charge in [0.05, 0.1) is 6.61 Å². The number of nitrogen functional groups attached to an aromatic ring is 1. The highest BCUT2D eigenvalue weighted by molar-refractivity contribution is 5.66. The Morgan fingerprint density at radius 2 is 1.90 bits per heavy atom. The largest absolute Gasteiger partial charge is 0.474 e. The minimum Gasteiger partial charge on any atom is -0.474 e. The molecular weight excluding hydrogens is 260 g/mol. The molecule has 114 valence electrons. The molecule has 1 rings (SSSR count). The molecule has 0 saturated carbocycles. The third kappa shape index (κ3) is 5.18. The van der Waals surface area contributed by atoms with Gasteiger partial charge in [-0.3, -0.25) is 0 Å². The van der Waals surface area contributed by atoms with Gasteiger partial charge >= 0.3 is 0 Å². The fraction of sp³-hybridized carbons (Fsp3) is 0.692. The van der Waals surface area contributed by atoms with Crippen LogP contribution in [0.2, 0.25) is 0 Å². The first-order chi connectivity index (χ1) is 9.58. The van der Waals surface area contributed by atoms with Gasteiger partial charge in [-0.1, -0.05) is 13.8 Å². The molecule has 3 N–H and O–H groups in total. The Morgan fingerprint density at radius 3 is 2.50 bits per heavy atom. The molecule has 7 nitrogen and oxygen atoms in total. The van der Waals surface area contributed by atoms with E-state index in [-0.39, 0.29) is 0 Å². The number of hydrogen-bond acceptors (Lipinski definition) is 7. The number of ether oxygens (including phenoxy) is 3. The van der Waals surface area contributed by atoms with Gasteiger partial charge in [-0.15, -0.1) is 0 Å². The molecular formula is C13H24N4O3. The molecule has 0 amide bonds. The SMILES string of the molecule is COCCOc1nc(COC)nc(NCC(C)C)c1N. The van der Waals surface area contributed by atoms with Crippen LogP contribution in [0.15, 0.2) is 0 Å². The second kappa shape index (κ2) is 8.55. The van der Waals surface area contributed by atoms with E-state index in [4.69, 9.17) is 19.9 Å². The fourth-order valence-corrected chi connectivity index (χ4v) is 1.45. The summed E-state index contributed by atoms with van der Waals surface area (Å²) in [6, 6.07) is 0. The van der Waals surface area contributed by atoms with E-state index < -0.39 is 0 Å². The molecule has 7 heteroatoms. The first-order valence-electron chi connectivity index (χ1n) is 6.59. The van der Waals surface area contributed by atoms with Gasteiger partial charge in [-0.2, -0.15) is 4.98 Å². The van der Waals surface area contributed by atoms with Crippen LogP contribution in [0.1, 0.15) is 19.7 Å². The maximum Gasteiger partial charge on any atom is 0.243 e. The fourth-order valence-electron chi connectivity index (χ4n) is 1.45. The van der Waals surface area contributed by atoms with Crippen molar-refractivity contribution in [2.75, 3.05) is 45.0 Å². The summed E-state index contributed by atoms with van der Waals surface area (Å²) in [6.07, 6.45) is 0. The number of nitrogens with zero attached hydrogens (tertiary/aromatic N) is 2. The Bertz CT molecular complexity index is 413. The van der Waals surface area contributed by atoms with Crippen molar-refractivity contribution < 1.29 is 14.2 Å². The van der Waals surface area contributed by atoms with Gasteiger partial charge in [0.15, 0.2) is 11.6 Å². The molecule has 0 aliphatic rings. The van der Waals surface area contributed by atoms with Crippen LogP contribution in [0, 0.1) is 5.92 Å². The molecule has 0 unspecified atom stereocenters. The van der Waals surface area contributed by atoms with Crippen molar-refractivity contribution in [1.29, 1.82) is 0 Å². The van der Waals surface area contributed by atoms with E-state index in [9.17, 15) is 0 Å². The van der Waals surface area contributed by atoms with Gasteiger partial charge in [-0.05, 0) is 5.92 Å². The van der Waals surface area contributed by atoms with Gasteiger partial charge < -0.3 is 25.3 Å². The summed E-state index contributed by atoms with van der Waals surface area (Å²) in [5, 5.41) is 3.20. The highest BCUT2D eigenvalue weighted by Gasteiger charge is 2.13. The Balaban J connectivity index is 2.89. The molecule has 0 aliphatic heterocycles. The molecule has 0 aliphatic carbocycles.